The number of anilines is 2. The Hall–Kier alpha value is -2.48. The maximum Gasteiger partial charge on any atom is 0.325 e. The number of nitrogens with one attached hydrogen (secondary N) is 2. The fraction of sp³-hybridized carbons (Fsp3) is 0.450. The van der Waals surface area contributed by atoms with Crippen molar-refractivity contribution in [1.82, 2.24) is 9.88 Å². The molecule has 0 saturated carbocycles. The summed E-state index contributed by atoms with van der Waals surface area (Å²) in [6.07, 6.45) is 4.30. The van der Waals surface area contributed by atoms with Crippen molar-refractivity contribution in [3.05, 3.63) is 41.2 Å². The highest BCUT2D eigenvalue weighted by Crippen LogP contribution is 2.17. The van der Waals surface area contributed by atoms with Gasteiger partial charge in [-0.3, -0.25) is 10.1 Å². The van der Waals surface area contributed by atoms with Crippen LogP contribution in [-0.4, -0.2) is 34.9 Å². The van der Waals surface area contributed by atoms with Crippen molar-refractivity contribution >= 4 is 34.1 Å². The Morgan fingerprint density at radius 2 is 1.71 bits per heavy atom. The number of thiazole rings is 1. The number of hydrogen-bond acceptors (Lipinski definition) is 4. The molecular weight excluding hydrogens is 379 g/mol. The molecule has 1 aromatic carbocycles. The van der Waals surface area contributed by atoms with Gasteiger partial charge in [0.1, 0.15) is 5.82 Å². The first kappa shape index (κ1) is 21.8. The van der Waals surface area contributed by atoms with Gasteiger partial charge < -0.3 is 10.2 Å². The van der Waals surface area contributed by atoms with Crippen LogP contribution in [-0.2, 0) is 11.2 Å². The predicted molar refractivity (Wildman–Crippen MR) is 111 cm³/mol. The normalized spacial score (nSPS) is 10.5. The molecule has 2 N–H and O–H groups in total. The summed E-state index contributed by atoms with van der Waals surface area (Å²) in [6.45, 7) is 5.75. The van der Waals surface area contributed by atoms with Crippen LogP contribution in [0.15, 0.2) is 29.6 Å². The van der Waals surface area contributed by atoms with Crippen LogP contribution in [0.25, 0.3) is 0 Å². The van der Waals surface area contributed by atoms with E-state index in [1.165, 1.54) is 35.6 Å². The smallest absolute Gasteiger partial charge is 0.325 e. The maximum atomic E-state index is 12.9. The van der Waals surface area contributed by atoms with Crippen LogP contribution in [0.5, 0.6) is 0 Å². The van der Waals surface area contributed by atoms with Crippen molar-refractivity contribution in [3.8, 4) is 0 Å². The molecule has 0 saturated heterocycles. The molecular formula is C20H27FN4O2S. The zero-order valence-corrected chi connectivity index (χ0v) is 17.2. The van der Waals surface area contributed by atoms with E-state index in [2.05, 4.69) is 29.5 Å². The number of rotatable bonds is 10. The average molecular weight is 407 g/mol. The molecule has 8 heteroatoms. The van der Waals surface area contributed by atoms with Crippen LogP contribution >= 0.6 is 11.3 Å². The fourth-order valence-electron chi connectivity index (χ4n) is 2.56. The highest BCUT2D eigenvalue weighted by molar-refractivity contribution is 7.14. The first-order valence-corrected chi connectivity index (χ1v) is 10.5. The van der Waals surface area contributed by atoms with Crippen LogP contribution in [0.4, 0.5) is 20.0 Å². The Morgan fingerprint density at radius 1 is 1.07 bits per heavy atom. The minimum absolute atomic E-state index is 0.0644. The zero-order chi connectivity index (χ0) is 20.4. The summed E-state index contributed by atoms with van der Waals surface area (Å²) in [4.78, 5) is 30.8. The Bertz CT molecular complexity index is 756. The largest absolute Gasteiger partial charge is 0.342 e. The number of hydrogen-bond donors (Lipinski definition) is 2. The number of carbonyl (C=O) groups is 2. The lowest BCUT2D eigenvalue weighted by molar-refractivity contribution is -0.130. The van der Waals surface area contributed by atoms with Gasteiger partial charge in [-0.1, -0.05) is 26.7 Å². The van der Waals surface area contributed by atoms with Crippen molar-refractivity contribution in [2.45, 2.75) is 46.0 Å². The van der Waals surface area contributed by atoms with Crippen molar-refractivity contribution in [2.24, 2.45) is 0 Å². The number of nitrogens with zero attached hydrogens (tertiary/aromatic N) is 2. The van der Waals surface area contributed by atoms with Gasteiger partial charge in [-0.05, 0) is 37.1 Å². The van der Waals surface area contributed by atoms with Gasteiger partial charge in [-0.15, -0.1) is 11.3 Å². The summed E-state index contributed by atoms with van der Waals surface area (Å²) in [6, 6.07) is 5.02. The van der Waals surface area contributed by atoms with Crippen LogP contribution in [0.3, 0.4) is 0 Å². The number of amides is 3. The van der Waals surface area contributed by atoms with Gasteiger partial charge in [0.15, 0.2) is 5.13 Å². The van der Waals surface area contributed by atoms with E-state index in [0.717, 1.165) is 38.8 Å². The Kier molecular flexibility index (Phi) is 8.87. The minimum atomic E-state index is -0.466. The molecule has 0 atom stereocenters. The van der Waals surface area contributed by atoms with Gasteiger partial charge in [0.05, 0.1) is 12.1 Å². The number of halogens is 1. The highest BCUT2D eigenvalue weighted by Gasteiger charge is 2.15. The van der Waals surface area contributed by atoms with Crippen LogP contribution in [0.2, 0.25) is 0 Å². The van der Waals surface area contributed by atoms with E-state index in [0.29, 0.717) is 16.5 Å². The zero-order valence-electron chi connectivity index (χ0n) is 16.3. The predicted octanol–water partition coefficient (Wildman–Crippen LogP) is 4.90. The lowest BCUT2D eigenvalue weighted by atomic mass is 10.2. The number of carbonyl (C=O) groups excluding carboxylic acids is 2. The average Bonchev–Trinajstić information content (AvgIpc) is 3.10. The van der Waals surface area contributed by atoms with Crippen molar-refractivity contribution in [3.63, 3.8) is 0 Å². The summed E-state index contributed by atoms with van der Waals surface area (Å²) in [5.74, 6) is -0.304. The summed E-state index contributed by atoms with van der Waals surface area (Å²) in [7, 11) is 0. The monoisotopic (exact) mass is 406 g/mol. The molecule has 3 amide bonds. The van der Waals surface area contributed by atoms with Gasteiger partial charge >= 0.3 is 6.03 Å². The third kappa shape index (κ3) is 7.26. The van der Waals surface area contributed by atoms with Crippen LogP contribution in [0.1, 0.15) is 45.2 Å². The molecule has 0 bridgehead atoms. The van der Waals surface area contributed by atoms with E-state index in [4.69, 9.17) is 0 Å². The summed E-state index contributed by atoms with van der Waals surface area (Å²) < 4.78 is 12.9. The number of unbranched alkanes of at least 4 members (excludes halogenated alkanes) is 2. The Morgan fingerprint density at radius 3 is 2.32 bits per heavy atom. The highest BCUT2D eigenvalue weighted by atomic mass is 32.1. The molecule has 0 fully saturated rings. The number of benzene rings is 1. The second-order valence-corrected chi connectivity index (χ2v) is 7.35. The van der Waals surface area contributed by atoms with Crippen molar-refractivity contribution in [1.29, 1.82) is 0 Å². The number of aromatic nitrogens is 1. The molecule has 0 spiro atoms. The van der Waals surface area contributed by atoms with Gasteiger partial charge in [-0.25, -0.2) is 14.2 Å². The first-order chi connectivity index (χ1) is 13.5. The molecule has 0 unspecified atom stereocenters. The van der Waals surface area contributed by atoms with Crippen molar-refractivity contribution in [2.75, 3.05) is 23.7 Å². The molecule has 1 heterocycles. The minimum Gasteiger partial charge on any atom is -0.342 e. The summed E-state index contributed by atoms with van der Waals surface area (Å²) >= 11 is 1.27. The third-order valence-corrected chi connectivity index (χ3v) is 4.93. The molecule has 1 aromatic heterocycles. The van der Waals surface area contributed by atoms with Crippen LogP contribution < -0.4 is 10.6 Å². The molecule has 28 heavy (non-hydrogen) atoms. The molecule has 0 aliphatic carbocycles. The van der Waals surface area contributed by atoms with E-state index in [-0.39, 0.29) is 18.1 Å². The lowest BCUT2D eigenvalue weighted by Gasteiger charge is -2.22. The second-order valence-electron chi connectivity index (χ2n) is 6.49. The number of urea groups is 1. The molecule has 6 nitrogen and oxygen atoms in total. The quantitative estimate of drug-likeness (QED) is 0.589. The van der Waals surface area contributed by atoms with Gasteiger partial charge in [0.2, 0.25) is 5.91 Å². The van der Waals surface area contributed by atoms with E-state index < -0.39 is 6.03 Å². The summed E-state index contributed by atoms with van der Waals surface area (Å²) in [5, 5.41) is 7.44. The molecule has 0 aliphatic rings. The fourth-order valence-corrected chi connectivity index (χ4v) is 3.27. The van der Waals surface area contributed by atoms with Gasteiger partial charge in [0.25, 0.3) is 0 Å². The molecule has 0 radical (unpaired) electrons. The molecule has 2 aromatic rings. The van der Waals surface area contributed by atoms with E-state index in [9.17, 15) is 14.0 Å². The third-order valence-electron chi connectivity index (χ3n) is 4.12. The maximum absolute atomic E-state index is 12.9. The van der Waals surface area contributed by atoms with E-state index in [1.54, 1.807) is 5.38 Å². The molecule has 2 rings (SSSR count). The summed E-state index contributed by atoms with van der Waals surface area (Å²) in [5.41, 5.74) is 1.12. The Balaban J connectivity index is 1.88. The molecule has 152 valence electrons. The van der Waals surface area contributed by atoms with Crippen LogP contribution in [0, 0.1) is 5.82 Å². The van der Waals surface area contributed by atoms with E-state index >= 15 is 0 Å². The SMILES string of the molecule is CCCCN(CCCC)C(=O)Cc1csc(NC(=O)Nc2ccc(F)cc2)n1. The second kappa shape index (κ2) is 11.4. The van der Waals surface area contributed by atoms with Gasteiger partial charge in [0, 0.05) is 24.2 Å². The van der Waals surface area contributed by atoms with E-state index in [1.807, 2.05) is 4.90 Å². The van der Waals surface area contributed by atoms with Crippen molar-refractivity contribution < 1.29 is 14.0 Å². The Labute approximate surface area is 169 Å². The lowest BCUT2D eigenvalue weighted by Crippen LogP contribution is -2.34. The first-order valence-electron chi connectivity index (χ1n) is 9.57. The topological polar surface area (TPSA) is 74.3 Å². The van der Waals surface area contributed by atoms with Gasteiger partial charge in [-0.2, -0.15) is 0 Å². The molecule has 0 aliphatic heterocycles. The standard InChI is InChI=1S/C20H27FN4O2S/c1-3-5-11-25(12-6-4-2)18(26)13-17-14-28-20(23-17)24-19(27)22-16-9-7-15(21)8-10-16/h7-10,14H,3-6,11-13H2,1-2H3,(H2,22,23,24,27).